The fourth-order valence-electron chi connectivity index (χ4n) is 3.23. The van der Waals surface area contributed by atoms with E-state index in [4.69, 9.17) is 4.74 Å². The predicted molar refractivity (Wildman–Crippen MR) is 80.5 cm³/mol. The van der Waals surface area contributed by atoms with Gasteiger partial charge in [0.2, 0.25) is 0 Å². The molecule has 1 saturated heterocycles. The van der Waals surface area contributed by atoms with E-state index in [-0.39, 0.29) is 5.78 Å². The lowest BCUT2D eigenvalue weighted by Crippen LogP contribution is -3.14. The van der Waals surface area contributed by atoms with Crippen LogP contribution in [-0.4, -0.2) is 32.0 Å². The number of hydrogen-bond donors (Lipinski definition) is 1. The van der Waals surface area contributed by atoms with Crippen molar-refractivity contribution in [1.29, 1.82) is 0 Å². The van der Waals surface area contributed by atoms with Gasteiger partial charge in [-0.05, 0) is 37.6 Å². The van der Waals surface area contributed by atoms with Crippen molar-refractivity contribution in [3.8, 4) is 5.75 Å². The van der Waals surface area contributed by atoms with Crippen LogP contribution in [0.4, 0.5) is 0 Å². The van der Waals surface area contributed by atoms with E-state index in [2.05, 4.69) is 13.8 Å². The molecule has 0 aromatic heterocycles. The summed E-state index contributed by atoms with van der Waals surface area (Å²) in [6.45, 7) is 10.6. The zero-order valence-corrected chi connectivity index (χ0v) is 12.8. The number of ether oxygens (including phenoxy) is 1. The Labute approximate surface area is 121 Å². The topological polar surface area (TPSA) is 30.7 Å². The quantitative estimate of drug-likeness (QED) is 0.832. The highest BCUT2D eigenvalue weighted by Gasteiger charge is 2.24. The SMILES string of the molecule is CC(=O)c1ccc(OCC[NH+]2C[C@H](C)C[C@@H](C)C2)cc1. The van der Waals surface area contributed by atoms with Gasteiger partial charge in [0.05, 0.1) is 13.1 Å². The molecule has 3 nitrogen and oxygen atoms in total. The van der Waals surface area contributed by atoms with Crippen LogP contribution in [0.3, 0.4) is 0 Å². The zero-order chi connectivity index (χ0) is 14.5. The minimum atomic E-state index is 0.0947. The summed E-state index contributed by atoms with van der Waals surface area (Å²) < 4.78 is 5.78. The first-order valence-corrected chi connectivity index (χ1v) is 7.62. The molecule has 3 heteroatoms. The molecule has 1 N–H and O–H groups in total. The number of nitrogens with one attached hydrogen (secondary N) is 1. The highest BCUT2D eigenvalue weighted by molar-refractivity contribution is 5.94. The van der Waals surface area contributed by atoms with Crippen LogP contribution in [0.5, 0.6) is 5.75 Å². The molecule has 1 aromatic carbocycles. The molecule has 0 amide bonds. The van der Waals surface area contributed by atoms with Gasteiger partial charge in [0, 0.05) is 17.4 Å². The number of carbonyl (C=O) groups excluding carboxylic acids is 1. The van der Waals surface area contributed by atoms with Gasteiger partial charge >= 0.3 is 0 Å². The van der Waals surface area contributed by atoms with Gasteiger partial charge in [-0.3, -0.25) is 4.79 Å². The van der Waals surface area contributed by atoms with E-state index >= 15 is 0 Å². The summed E-state index contributed by atoms with van der Waals surface area (Å²) in [5.74, 6) is 2.59. The minimum Gasteiger partial charge on any atom is -0.488 e. The molecule has 0 radical (unpaired) electrons. The number of ketones is 1. The number of quaternary nitrogens is 1. The van der Waals surface area contributed by atoms with Crippen LogP contribution >= 0.6 is 0 Å². The van der Waals surface area contributed by atoms with Crippen LogP contribution in [0.2, 0.25) is 0 Å². The summed E-state index contributed by atoms with van der Waals surface area (Å²) in [5, 5.41) is 0. The Kier molecular flexibility index (Phi) is 5.18. The van der Waals surface area contributed by atoms with Gasteiger partial charge in [-0.25, -0.2) is 0 Å². The largest absolute Gasteiger partial charge is 0.488 e. The zero-order valence-electron chi connectivity index (χ0n) is 12.8. The first-order chi connectivity index (χ1) is 9.54. The standard InChI is InChI=1S/C17H25NO2/c1-13-10-14(2)12-18(11-13)8-9-20-17-6-4-16(5-7-17)15(3)19/h4-7,13-14H,8-12H2,1-3H3/p+1/t13-,14-/m1/s1. The Morgan fingerprint density at radius 3 is 2.35 bits per heavy atom. The lowest BCUT2D eigenvalue weighted by molar-refractivity contribution is -0.912. The van der Waals surface area contributed by atoms with Gasteiger partial charge in [-0.2, -0.15) is 0 Å². The van der Waals surface area contributed by atoms with Gasteiger partial charge in [-0.15, -0.1) is 0 Å². The number of benzene rings is 1. The van der Waals surface area contributed by atoms with Crippen LogP contribution < -0.4 is 9.64 Å². The number of piperidine rings is 1. The fraction of sp³-hybridized carbons (Fsp3) is 0.588. The molecule has 2 atom stereocenters. The molecule has 0 bridgehead atoms. The Bertz CT molecular complexity index is 431. The Hall–Kier alpha value is -1.35. The van der Waals surface area contributed by atoms with Crippen molar-refractivity contribution in [2.45, 2.75) is 27.2 Å². The maximum Gasteiger partial charge on any atom is 0.159 e. The second kappa shape index (κ2) is 6.89. The van der Waals surface area contributed by atoms with Crippen molar-refractivity contribution in [2.24, 2.45) is 11.8 Å². The third-order valence-electron chi connectivity index (χ3n) is 4.06. The summed E-state index contributed by atoms with van der Waals surface area (Å²) in [7, 11) is 0. The van der Waals surface area contributed by atoms with E-state index in [0.717, 1.165) is 36.3 Å². The van der Waals surface area contributed by atoms with Crippen molar-refractivity contribution in [1.82, 2.24) is 0 Å². The molecule has 1 heterocycles. The first-order valence-electron chi connectivity index (χ1n) is 7.62. The summed E-state index contributed by atoms with van der Waals surface area (Å²) in [6, 6.07) is 7.42. The molecule has 1 aliphatic heterocycles. The van der Waals surface area contributed by atoms with Crippen LogP contribution in [-0.2, 0) is 0 Å². The fourth-order valence-corrected chi connectivity index (χ4v) is 3.23. The molecule has 0 spiro atoms. The second-order valence-electron chi connectivity index (χ2n) is 6.28. The first kappa shape index (κ1) is 15.0. The van der Waals surface area contributed by atoms with Crippen LogP contribution in [0.1, 0.15) is 37.6 Å². The number of rotatable bonds is 5. The maximum atomic E-state index is 11.2. The van der Waals surface area contributed by atoms with E-state index in [0.29, 0.717) is 0 Å². The van der Waals surface area contributed by atoms with Gasteiger partial charge in [0.15, 0.2) is 5.78 Å². The predicted octanol–water partition coefficient (Wildman–Crippen LogP) is 1.83. The summed E-state index contributed by atoms with van der Waals surface area (Å²) in [6.07, 6.45) is 1.36. The lowest BCUT2D eigenvalue weighted by atomic mass is 9.92. The van der Waals surface area contributed by atoms with E-state index in [9.17, 15) is 4.79 Å². The molecule has 110 valence electrons. The smallest absolute Gasteiger partial charge is 0.159 e. The van der Waals surface area contributed by atoms with E-state index in [1.165, 1.54) is 19.5 Å². The average Bonchev–Trinajstić information content (AvgIpc) is 2.38. The summed E-state index contributed by atoms with van der Waals surface area (Å²) in [4.78, 5) is 12.8. The van der Waals surface area contributed by atoms with Crippen LogP contribution in [0, 0.1) is 11.8 Å². The van der Waals surface area contributed by atoms with Gasteiger partial charge in [0.1, 0.15) is 18.9 Å². The van der Waals surface area contributed by atoms with Gasteiger partial charge < -0.3 is 9.64 Å². The number of hydrogen-bond acceptors (Lipinski definition) is 2. The minimum absolute atomic E-state index is 0.0947. The van der Waals surface area contributed by atoms with Gasteiger partial charge in [-0.1, -0.05) is 13.8 Å². The van der Waals surface area contributed by atoms with Gasteiger partial charge in [0.25, 0.3) is 0 Å². The van der Waals surface area contributed by atoms with Crippen LogP contribution in [0.25, 0.3) is 0 Å². The normalized spacial score (nSPS) is 26.2. The molecule has 1 fully saturated rings. The molecule has 1 aliphatic rings. The monoisotopic (exact) mass is 276 g/mol. The Morgan fingerprint density at radius 1 is 1.20 bits per heavy atom. The van der Waals surface area contributed by atoms with Crippen molar-refractivity contribution in [3.05, 3.63) is 29.8 Å². The van der Waals surface area contributed by atoms with Crippen molar-refractivity contribution >= 4 is 5.78 Å². The molecule has 2 rings (SSSR count). The Morgan fingerprint density at radius 2 is 1.80 bits per heavy atom. The third kappa shape index (κ3) is 4.34. The highest BCUT2D eigenvalue weighted by atomic mass is 16.5. The van der Waals surface area contributed by atoms with Crippen molar-refractivity contribution in [2.75, 3.05) is 26.2 Å². The number of Topliss-reactive ketones (excluding diaryl/α,β-unsaturated/α-hetero) is 1. The highest BCUT2D eigenvalue weighted by Crippen LogP contribution is 2.13. The number of likely N-dealkylation sites (tertiary alicyclic amines) is 1. The molecular weight excluding hydrogens is 250 g/mol. The third-order valence-corrected chi connectivity index (χ3v) is 4.06. The molecule has 0 unspecified atom stereocenters. The molecule has 0 saturated carbocycles. The number of carbonyl (C=O) groups is 1. The average molecular weight is 276 g/mol. The maximum absolute atomic E-state index is 11.2. The second-order valence-corrected chi connectivity index (χ2v) is 6.28. The van der Waals surface area contributed by atoms with E-state index in [1.807, 2.05) is 24.3 Å². The van der Waals surface area contributed by atoms with E-state index in [1.54, 1.807) is 11.8 Å². The molecular formula is C17H26NO2+. The van der Waals surface area contributed by atoms with Crippen molar-refractivity contribution in [3.63, 3.8) is 0 Å². The molecule has 20 heavy (non-hydrogen) atoms. The molecule has 1 aromatic rings. The van der Waals surface area contributed by atoms with Crippen molar-refractivity contribution < 1.29 is 14.4 Å². The van der Waals surface area contributed by atoms with Crippen LogP contribution in [0.15, 0.2) is 24.3 Å². The molecule has 0 aliphatic carbocycles. The van der Waals surface area contributed by atoms with E-state index < -0.39 is 0 Å². The summed E-state index contributed by atoms with van der Waals surface area (Å²) >= 11 is 0. The summed E-state index contributed by atoms with van der Waals surface area (Å²) in [5.41, 5.74) is 0.738. The lowest BCUT2D eigenvalue weighted by Gasteiger charge is -2.31. The Balaban J connectivity index is 1.76.